The van der Waals surface area contributed by atoms with Crippen LogP contribution in [0, 0.1) is 6.92 Å². The third-order valence-electron chi connectivity index (χ3n) is 6.45. The molecule has 1 atom stereocenters. The fraction of sp³-hybridized carbons (Fsp3) is 0.207. The summed E-state index contributed by atoms with van der Waals surface area (Å²) in [6, 6.07) is 16.0. The predicted octanol–water partition coefficient (Wildman–Crippen LogP) is 5.01. The van der Waals surface area contributed by atoms with Crippen molar-refractivity contribution in [2.75, 3.05) is 26.2 Å². The Labute approximate surface area is 225 Å². The third-order valence-corrected chi connectivity index (χ3v) is 6.74. The molecule has 1 amide bonds. The van der Waals surface area contributed by atoms with Gasteiger partial charge in [0, 0.05) is 11.8 Å². The molecule has 4 rings (SSSR count). The highest BCUT2D eigenvalue weighted by molar-refractivity contribution is 6.51. The number of nitrogens with zero attached hydrogens (tertiary/aromatic N) is 1. The molecular weight excluding hydrogens is 510 g/mol. The highest BCUT2D eigenvalue weighted by Gasteiger charge is 2.47. The first-order valence-electron chi connectivity index (χ1n) is 11.7. The van der Waals surface area contributed by atoms with Crippen LogP contribution in [-0.2, 0) is 25.5 Å². The standard InChI is InChI=1S/C29H26ClNO7/c1-16-7-5-6-8-19(16)26-25(27(33)20-14-23(37-3)21(30)15-22(20)36-2)28(34)29(35)31(26)18-11-9-17(10-12-18)13-24(32)38-4/h5-12,14-15,26,33H,13H2,1-4H3/b27-25+. The minimum absolute atomic E-state index is 0.0645. The summed E-state index contributed by atoms with van der Waals surface area (Å²) in [7, 11) is 4.14. The number of anilines is 1. The number of aliphatic hydroxyl groups excluding tert-OH is 1. The zero-order valence-electron chi connectivity index (χ0n) is 21.3. The molecule has 1 heterocycles. The highest BCUT2D eigenvalue weighted by atomic mass is 35.5. The van der Waals surface area contributed by atoms with Crippen molar-refractivity contribution in [3.8, 4) is 11.5 Å². The van der Waals surface area contributed by atoms with Gasteiger partial charge in [0.1, 0.15) is 17.3 Å². The van der Waals surface area contributed by atoms with Gasteiger partial charge in [0.2, 0.25) is 0 Å². The Bertz CT molecular complexity index is 1450. The van der Waals surface area contributed by atoms with E-state index in [2.05, 4.69) is 0 Å². The minimum atomic E-state index is -0.936. The number of benzene rings is 3. The topological polar surface area (TPSA) is 102 Å². The highest BCUT2D eigenvalue weighted by Crippen LogP contribution is 2.45. The predicted molar refractivity (Wildman–Crippen MR) is 143 cm³/mol. The van der Waals surface area contributed by atoms with E-state index >= 15 is 0 Å². The molecule has 0 saturated carbocycles. The molecule has 9 heteroatoms. The fourth-order valence-corrected chi connectivity index (χ4v) is 4.72. The van der Waals surface area contributed by atoms with Gasteiger partial charge in [-0.25, -0.2) is 0 Å². The molecule has 3 aromatic carbocycles. The van der Waals surface area contributed by atoms with E-state index in [1.54, 1.807) is 36.4 Å². The van der Waals surface area contributed by atoms with Crippen molar-refractivity contribution >= 4 is 40.7 Å². The van der Waals surface area contributed by atoms with Gasteiger partial charge >= 0.3 is 5.97 Å². The summed E-state index contributed by atoms with van der Waals surface area (Å²) in [5.41, 5.74) is 2.63. The lowest BCUT2D eigenvalue weighted by Crippen LogP contribution is -2.29. The van der Waals surface area contributed by atoms with Gasteiger partial charge in [0.25, 0.3) is 11.7 Å². The Kier molecular flexibility index (Phi) is 7.73. The molecular formula is C29H26ClNO7. The SMILES string of the molecule is COC(=O)Cc1ccc(N2C(=O)C(=O)/C(=C(/O)c3cc(OC)c(Cl)cc3OC)C2c2ccccc2C)cc1. The third kappa shape index (κ3) is 4.82. The van der Waals surface area contributed by atoms with E-state index < -0.39 is 29.5 Å². The zero-order valence-corrected chi connectivity index (χ0v) is 22.0. The number of aryl methyl sites for hydroxylation is 1. The number of rotatable bonds is 7. The lowest BCUT2D eigenvalue weighted by Gasteiger charge is -2.27. The van der Waals surface area contributed by atoms with Crippen molar-refractivity contribution in [1.29, 1.82) is 0 Å². The second-order valence-corrected chi connectivity index (χ2v) is 9.04. The van der Waals surface area contributed by atoms with Gasteiger partial charge in [-0.3, -0.25) is 19.3 Å². The normalized spacial score (nSPS) is 16.4. The summed E-state index contributed by atoms with van der Waals surface area (Å²) in [6.45, 7) is 1.86. The minimum Gasteiger partial charge on any atom is -0.507 e. The summed E-state index contributed by atoms with van der Waals surface area (Å²) in [4.78, 5) is 40.0. The first-order valence-corrected chi connectivity index (χ1v) is 12.0. The largest absolute Gasteiger partial charge is 0.507 e. The Balaban J connectivity index is 1.93. The Hall–Kier alpha value is -4.30. The van der Waals surface area contributed by atoms with E-state index in [9.17, 15) is 19.5 Å². The van der Waals surface area contributed by atoms with Crippen molar-refractivity contribution < 1.29 is 33.7 Å². The number of carbonyl (C=O) groups excluding carboxylic acids is 3. The van der Waals surface area contributed by atoms with Crippen molar-refractivity contribution in [3.05, 3.63) is 93.5 Å². The molecule has 1 fully saturated rings. The van der Waals surface area contributed by atoms with Crippen molar-refractivity contribution in [1.82, 2.24) is 0 Å². The lowest BCUT2D eigenvalue weighted by atomic mass is 9.92. The molecule has 0 radical (unpaired) electrons. The smallest absolute Gasteiger partial charge is 0.309 e. The summed E-state index contributed by atoms with van der Waals surface area (Å²) < 4.78 is 15.4. The molecule has 8 nitrogen and oxygen atoms in total. The number of Topliss-reactive ketones (excluding diaryl/α,β-unsaturated/α-hetero) is 1. The van der Waals surface area contributed by atoms with Gasteiger partial charge in [-0.05, 0) is 41.8 Å². The van der Waals surface area contributed by atoms with E-state index in [4.69, 9.17) is 25.8 Å². The maximum Gasteiger partial charge on any atom is 0.309 e. The molecule has 1 aliphatic rings. The zero-order chi connectivity index (χ0) is 27.6. The molecule has 1 unspecified atom stereocenters. The summed E-state index contributed by atoms with van der Waals surface area (Å²) >= 11 is 6.24. The first-order chi connectivity index (χ1) is 18.2. The van der Waals surface area contributed by atoms with Crippen LogP contribution in [0.2, 0.25) is 5.02 Å². The Morgan fingerprint density at radius 1 is 0.974 bits per heavy atom. The molecule has 196 valence electrons. The molecule has 1 saturated heterocycles. The molecule has 0 spiro atoms. The maximum atomic E-state index is 13.5. The van der Waals surface area contributed by atoms with Gasteiger partial charge in [-0.15, -0.1) is 0 Å². The molecule has 1 aliphatic heterocycles. The number of ketones is 1. The fourth-order valence-electron chi connectivity index (χ4n) is 4.49. The van der Waals surface area contributed by atoms with Crippen LogP contribution in [0.25, 0.3) is 5.76 Å². The van der Waals surface area contributed by atoms with E-state index in [1.165, 1.54) is 38.4 Å². The molecule has 0 bridgehead atoms. The van der Waals surface area contributed by atoms with Crippen LogP contribution >= 0.6 is 11.6 Å². The van der Waals surface area contributed by atoms with E-state index in [-0.39, 0.29) is 34.1 Å². The number of hydrogen-bond donors (Lipinski definition) is 1. The molecule has 0 aliphatic carbocycles. The average Bonchev–Trinajstić information content (AvgIpc) is 3.18. The number of halogens is 1. The van der Waals surface area contributed by atoms with Gasteiger partial charge in [0.05, 0.1) is 50.0 Å². The number of amides is 1. The lowest BCUT2D eigenvalue weighted by molar-refractivity contribution is -0.139. The van der Waals surface area contributed by atoms with Gasteiger partial charge < -0.3 is 19.3 Å². The molecule has 0 aromatic heterocycles. The molecule has 3 aromatic rings. The van der Waals surface area contributed by atoms with Crippen LogP contribution in [0.15, 0.2) is 66.2 Å². The van der Waals surface area contributed by atoms with Crippen molar-refractivity contribution in [2.45, 2.75) is 19.4 Å². The second kappa shape index (κ2) is 11.0. The van der Waals surface area contributed by atoms with E-state index in [0.29, 0.717) is 16.8 Å². The van der Waals surface area contributed by atoms with Gasteiger partial charge in [-0.2, -0.15) is 0 Å². The van der Waals surface area contributed by atoms with Crippen molar-refractivity contribution in [3.63, 3.8) is 0 Å². The maximum absolute atomic E-state index is 13.5. The van der Waals surface area contributed by atoms with E-state index in [1.807, 2.05) is 19.1 Å². The van der Waals surface area contributed by atoms with Crippen LogP contribution in [0.4, 0.5) is 5.69 Å². The molecule has 1 N–H and O–H groups in total. The number of methoxy groups -OCH3 is 3. The monoisotopic (exact) mass is 535 g/mol. The summed E-state index contributed by atoms with van der Waals surface area (Å²) in [6.07, 6.45) is 0.0645. The number of hydrogen-bond acceptors (Lipinski definition) is 7. The second-order valence-electron chi connectivity index (χ2n) is 8.63. The first kappa shape index (κ1) is 26.8. The van der Waals surface area contributed by atoms with Crippen LogP contribution in [0.1, 0.15) is 28.3 Å². The van der Waals surface area contributed by atoms with Crippen LogP contribution in [-0.4, -0.2) is 44.1 Å². The number of esters is 1. The number of ether oxygens (including phenoxy) is 3. The van der Waals surface area contributed by atoms with Crippen molar-refractivity contribution in [2.24, 2.45) is 0 Å². The summed E-state index contributed by atoms with van der Waals surface area (Å²) in [5, 5.41) is 11.8. The Morgan fingerprint density at radius 3 is 2.24 bits per heavy atom. The van der Waals surface area contributed by atoms with Crippen LogP contribution in [0.3, 0.4) is 0 Å². The Morgan fingerprint density at radius 2 is 1.63 bits per heavy atom. The number of aliphatic hydroxyl groups is 1. The van der Waals surface area contributed by atoms with E-state index in [0.717, 1.165) is 5.56 Å². The molecule has 38 heavy (non-hydrogen) atoms. The van der Waals surface area contributed by atoms with Gasteiger partial charge in [-0.1, -0.05) is 48.0 Å². The van der Waals surface area contributed by atoms with Gasteiger partial charge in [0.15, 0.2) is 0 Å². The van der Waals surface area contributed by atoms with Crippen LogP contribution in [0.5, 0.6) is 11.5 Å². The summed E-state index contributed by atoms with van der Waals surface area (Å²) in [5.74, 6) is -2.02. The van der Waals surface area contributed by atoms with Crippen LogP contribution < -0.4 is 14.4 Å². The average molecular weight is 536 g/mol. The number of carbonyl (C=O) groups is 3. The quantitative estimate of drug-likeness (QED) is 0.196.